The number of aryl methyl sites for hydroxylation is 1. The van der Waals surface area contributed by atoms with Crippen LogP contribution in [0, 0.1) is 5.92 Å². The molecule has 0 heterocycles. The molecule has 0 atom stereocenters. The van der Waals surface area contributed by atoms with Crippen LogP contribution < -0.4 is 10.6 Å². The topological polar surface area (TPSA) is 58.2 Å². The van der Waals surface area contributed by atoms with Gasteiger partial charge in [0.1, 0.15) is 0 Å². The van der Waals surface area contributed by atoms with Crippen molar-refractivity contribution in [3.8, 4) is 0 Å². The highest BCUT2D eigenvalue weighted by atomic mass is 16.2. The average Bonchev–Trinajstić information content (AvgIpc) is 2.55. The van der Waals surface area contributed by atoms with Gasteiger partial charge in [-0.2, -0.15) is 0 Å². The fourth-order valence-corrected chi connectivity index (χ4v) is 2.06. The molecule has 0 saturated heterocycles. The van der Waals surface area contributed by atoms with Crippen LogP contribution in [0.2, 0.25) is 0 Å². The third kappa shape index (κ3) is 4.68. The van der Waals surface area contributed by atoms with Crippen LogP contribution in [0.15, 0.2) is 48.5 Å². The van der Waals surface area contributed by atoms with Gasteiger partial charge in [0.2, 0.25) is 5.91 Å². The molecule has 0 radical (unpaired) electrons. The molecule has 0 aliphatic heterocycles. The quantitative estimate of drug-likeness (QED) is 0.873. The van der Waals surface area contributed by atoms with Gasteiger partial charge in [0.05, 0.1) is 0 Å². The van der Waals surface area contributed by atoms with Crippen molar-refractivity contribution in [1.29, 1.82) is 0 Å². The van der Waals surface area contributed by atoms with Crippen molar-refractivity contribution in [3.63, 3.8) is 0 Å². The maximum atomic E-state index is 12.3. The fraction of sp³-hybridized carbons (Fsp3) is 0.263. The van der Waals surface area contributed by atoms with Crippen LogP contribution in [0.25, 0.3) is 0 Å². The van der Waals surface area contributed by atoms with Crippen LogP contribution in [-0.2, 0) is 11.2 Å². The molecule has 0 aromatic heterocycles. The second-order valence-corrected chi connectivity index (χ2v) is 5.73. The van der Waals surface area contributed by atoms with Crippen LogP contribution in [0.1, 0.15) is 36.7 Å². The largest absolute Gasteiger partial charge is 0.326 e. The lowest BCUT2D eigenvalue weighted by Crippen LogP contribution is -2.18. The van der Waals surface area contributed by atoms with Gasteiger partial charge in [-0.15, -0.1) is 0 Å². The maximum absolute atomic E-state index is 12.3. The van der Waals surface area contributed by atoms with Gasteiger partial charge in [-0.05, 0) is 48.4 Å². The number of benzene rings is 2. The van der Waals surface area contributed by atoms with Gasteiger partial charge in [0, 0.05) is 22.9 Å². The Morgan fingerprint density at radius 3 is 2.26 bits per heavy atom. The van der Waals surface area contributed by atoms with Crippen LogP contribution >= 0.6 is 0 Å². The number of amides is 2. The van der Waals surface area contributed by atoms with E-state index in [0.717, 1.165) is 12.1 Å². The molecule has 23 heavy (non-hydrogen) atoms. The highest BCUT2D eigenvalue weighted by molar-refractivity contribution is 6.04. The Bertz CT molecular complexity index is 691. The Balaban J connectivity index is 2.03. The van der Waals surface area contributed by atoms with Crippen molar-refractivity contribution in [2.45, 2.75) is 27.2 Å². The molecule has 0 spiro atoms. The van der Waals surface area contributed by atoms with Gasteiger partial charge < -0.3 is 10.6 Å². The molecular formula is C19H22N2O2. The van der Waals surface area contributed by atoms with Gasteiger partial charge >= 0.3 is 0 Å². The van der Waals surface area contributed by atoms with E-state index in [1.54, 1.807) is 24.3 Å². The van der Waals surface area contributed by atoms with Crippen LogP contribution in [-0.4, -0.2) is 11.8 Å². The lowest BCUT2D eigenvalue weighted by molar-refractivity contribution is -0.118. The van der Waals surface area contributed by atoms with E-state index in [-0.39, 0.29) is 17.7 Å². The van der Waals surface area contributed by atoms with E-state index < -0.39 is 0 Å². The SMILES string of the molecule is CCc1cccc(NC(=O)c2ccc(NC(=O)C(C)C)cc2)c1. The van der Waals surface area contributed by atoms with E-state index in [1.165, 1.54) is 5.56 Å². The fourth-order valence-electron chi connectivity index (χ4n) is 2.06. The van der Waals surface area contributed by atoms with E-state index in [0.29, 0.717) is 11.3 Å². The normalized spacial score (nSPS) is 10.4. The second kappa shape index (κ2) is 7.58. The minimum atomic E-state index is -0.167. The Hall–Kier alpha value is -2.62. The molecule has 0 aliphatic rings. The maximum Gasteiger partial charge on any atom is 0.255 e. The first-order valence-corrected chi connectivity index (χ1v) is 7.81. The molecule has 0 fully saturated rings. The number of carbonyl (C=O) groups excluding carboxylic acids is 2. The predicted octanol–water partition coefficient (Wildman–Crippen LogP) is 4.10. The first-order chi connectivity index (χ1) is 11.0. The van der Waals surface area contributed by atoms with Gasteiger partial charge in [-0.1, -0.05) is 32.9 Å². The Kier molecular flexibility index (Phi) is 5.52. The smallest absolute Gasteiger partial charge is 0.255 e. The molecule has 2 amide bonds. The molecule has 4 nitrogen and oxygen atoms in total. The third-order valence-corrected chi connectivity index (χ3v) is 3.53. The summed E-state index contributed by atoms with van der Waals surface area (Å²) in [6.07, 6.45) is 0.925. The summed E-state index contributed by atoms with van der Waals surface area (Å²) in [6, 6.07) is 14.7. The molecule has 2 aromatic rings. The Morgan fingerprint density at radius 2 is 1.65 bits per heavy atom. The third-order valence-electron chi connectivity index (χ3n) is 3.53. The summed E-state index contributed by atoms with van der Waals surface area (Å²) in [5.41, 5.74) is 3.20. The summed E-state index contributed by atoms with van der Waals surface area (Å²) in [7, 11) is 0. The molecule has 4 heteroatoms. The molecule has 120 valence electrons. The highest BCUT2D eigenvalue weighted by Crippen LogP contribution is 2.15. The number of hydrogen-bond donors (Lipinski definition) is 2. The van der Waals surface area contributed by atoms with Crippen LogP contribution in [0.4, 0.5) is 11.4 Å². The summed E-state index contributed by atoms with van der Waals surface area (Å²) < 4.78 is 0. The van der Waals surface area contributed by atoms with E-state index in [9.17, 15) is 9.59 Å². The summed E-state index contributed by atoms with van der Waals surface area (Å²) in [5.74, 6) is -0.289. The van der Waals surface area contributed by atoms with E-state index in [1.807, 2.05) is 38.1 Å². The molecular weight excluding hydrogens is 288 g/mol. The lowest BCUT2D eigenvalue weighted by Gasteiger charge is -2.09. The number of carbonyl (C=O) groups is 2. The van der Waals surface area contributed by atoms with Crippen molar-refractivity contribution in [2.75, 3.05) is 10.6 Å². The molecule has 0 saturated carbocycles. The zero-order chi connectivity index (χ0) is 16.8. The van der Waals surface area contributed by atoms with Crippen molar-refractivity contribution in [3.05, 3.63) is 59.7 Å². The minimum absolute atomic E-state index is 0.0430. The van der Waals surface area contributed by atoms with Crippen LogP contribution in [0.5, 0.6) is 0 Å². The standard InChI is InChI=1S/C19H22N2O2/c1-4-14-6-5-7-17(12-14)21-19(23)15-8-10-16(11-9-15)20-18(22)13(2)3/h5-13H,4H2,1-3H3,(H,20,22)(H,21,23). The summed E-state index contributed by atoms with van der Waals surface area (Å²) >= 11 is 0. The predicted molar refractivity (Wildman–Crippen MR) is 93.7 cm³/mol. The van der Waals surface area contributed by atoms with Crippen LogP contribution in [0.3, 0.4) is 0 Å². The first-order valence-electron chi connectivity index (χ1n) is 7.81. The lowest BCUT2D eigenvalue weighted by atomic mass is 10.1. The molecule has 0 unspecified atom stereocenters. The Labute approximate surface area is 136 Å². The molecule has 2 N–H and O–H groups in total. The monoisotopic (exact) mass is 310 g/mol. The minimum Gasteiger partial charge on any atom is -0.326 e. The zero-order valence-electron chi connectivity index (χ0n) is 13.7. The highest BCUT2D eigenvalue weighted by Gasteiger charge is 2.09. The zero-order valence-corrected chi connectivity index (χ0v) is 13.7. The average molecular weight is 310 g/mol. The number of rotatable bonds is 5. The van der Waals surface area contributed by atoms with Crippen molar-refractivity contribution in [1.82, 2.24) is 0 Å². The van der Waals surface area contributed by atoms with Crippen molar-refractivity contribution >= 4 is 23.2 Å². The van der Waals surface area contributed by atoms with Crippen molar-refractivity contribution < 1.29 is 9.59 Å². The summed E-state index contributed by atoms with van der Waals surface area (Å²) in [6.45, 7) is 5.74. The first kappa shape index (κ1) is 16.7. The number of hydrogen-bond acceptors (Lipinski definition) is 2. The summed E-state index contributed by atoms with van der Waals surface area (Å²) in [4.78, 5) is 23.9. The molecule has 2 rings (SSSR count). The molecule has 0 aliphatic carbocycles. The van der Waals surface area contributed by atoms with E-state index >= 15 is 0 Å². The molecule has 0 bridgehead atoms. The number of anilines is 2. The number of nitrogens with one attached hydrogen (secondary N) is 2. The summed E-state index contributed by atoms with van der Waals surface area (Å²) in [5, 5.41) is 5.69. The van der Waals surface area contributed by atoms with Gasteiger partial charge in [0.25, 0.3) is 5.91 Å². The van der Waals surface area contributed by atoms with Gasteiger partial charge in [-0.3, -0.25) is 9.59 Å². The Morgan fingerprint density at radius 1 is 0.957 bits per heavy atom. The van der Waals surface area contributed by atoms with Crippen molar-refractivity contribution in [2.24, 2.45) is 5.92 Å². The van der Waals surface area contributed by atoms with Gasteiger partial charge in [-0.25, -0.2) is 0 Å². The van der Waals surface area contributed by atoms with Gasteiger partial charge in [0.15, 0.2) is 0 Å². The van der Waals surface area contributed by atoms with E-state index in [2.05, 4.69) is 17.6 Å². The second-order valence-electron chi connectivity index (χ2n) is 5.73. The van der Waals surface area contributed by atoms with E-state index in [4.69, 9.17) is 0 Å². The molecule has 2 aromatic carbocycles.